The zero-order valence-electron chi connectivity index (χ0n) is 85.4. The first-order valence-electron chi connectivity index (χ1n) is 49.3. The molecule has 2 aliphatic rings. The normalized spacial score (nSPS) is 15.6. The summed E-state index contributed by atoms with van der Waals surface area (Å²) >= 11 is 12.4. The minimum absolute atomic E-state index is 0.00424. The first-order valence-corrected chi connectivity index (χ1v) is 51.3. The number of benzene rings is 4. The zero-order chi connectivity index (χ0) is 108. The number of phenols is 1. The number of rotatable bonds is 56. The number of hydrogen-bond donors (Lipinski definition) is 18. The lowest BCUT2D eigenvalue weighted by molar-refractivity contribution is -0.149. The number of nitrogens with two attached hydrogens (primary N) is 2. The second-order valence-corrected chi connectivity index (χ2v) is 40.1. The number of aromatic amines is 1. The van der Waals surface area contributed by atoms with Crippen LogP contribution in [-0.4, -0.2) is 303 Å². The lowest BCUT2D eigenvalue weighted by atomic mass is 9.99. The van der Waals surface area contributed by atoms with Crippen LogP contribution in [0.2, 0.25) is 0 Å². The summed E-state index contributed by atoms with van der Waals surface area (Å²) in [4.78, 5) is 260. The van der Waals surface area contributed by atoms with Crippen molar-refractivity contribution < 1.29 is 102 Å². The molecule has 13 atom stereocenters. The Morgan fingerprint density at radius 2 is 1.12 bits per heavy atom. The highest BCUT2D eigenvalue weighted by atomic mass is 32.2. The molecule has 15 amide bonds. The van der Waals surface area contributed by atoms with Crippen molar-refractivity contribution in [2.45, 2.75) is 263 Å². The summed E-state index contributed by atoms with van der Waals surface area (Å²) in [7, 11) is 4.20. The first-order chi connectivity index (χ1) is 69.6. The molecule has 45 heteroatoms. The average Bonchev–Trinajstić information content (AvgIpc) is 1.66. The number of aromatic hydroxyl groups is 1. The molecule has 20 N–H and O–H groups in total. The number of Topliss-reactive ketones (excluding diaryl/α,β-unsaturated/α-hetero) is 1. The molecule has 0 spiro atoms. The van der Waals surface area contributed by atoms with Crippen LogP contribution in [0, 0.1) is 11.8 Å². The van der Waals surface area contributed by atoms with E-state index >= 15 is 19.2 Å². The van der Waals surface area contributed by atoms with Crippen molar-refractivity contribution in [3.63, 3.8) is 0 Å². The number of carboxylic acid groups (broad SMARTS) is 2. The van der Waals surface area contributed by atoms with Gasteiger partial charge in [-0.3, -0.25) is 81.5 Å². The molecule has 2 fully saturated rings. The third-order valence-corrected chi connectivity index (χ3v) is 27.3. The molecule has 147 heavy (non-hydrogen) atoms. The van der Waals surface area contributed by atoms with Crippen molar-refractivity contribution in [2.75, 3.05) is 69.5 Å². The number of carboxylic acids is 2. The van der Waals surface area contributed by atoms with Crippen LogP contribution < -0.4 is 75.3 Å². The molecule has 2 saturated heterocycles. The zero-order valence-corrected chi connectivity index (χ0v) is 87.9. The minimum Gasteiger partial charge on any atom is -0.508 e. The van der Waals surface area contributed by atoms with Crippen LogP contribution >= 0.6 is 36.2 Å². The number of phenolic OH excluding ortho intramolecular Hbond substituents is 1. The number of thiocarbonyl (C=S) groups is 2. The lowest BCUT2D eigenvalue weighted by Crippen LogP contribution is -2.61. The molecule has 0 saturated carbocycles. The second kappa shape index (κ2) is 56.6. The van der Waals surface area contributed by atoms with Gasteiger partial charge in [0.15, 0.2) is 16.0 Å². The number of aromatic nitrogens is 2. The number of fused-ring (bicyclic) bond motifs is 2. The smallest absolute Gasteiger partial charge is 0.335 e. The van der Waals surface area contributed by atoms with Crippen molar-refractivity contribution in [2.24, 2.45) is 23.3 Å². The fourth-order valence-corrected chi connectivity index (χ4v) is 19.2. The van der Waals surface area contributed by atoms with Gasteiger partial charge in [-0.1, -0.05) is 122 Å². The highest BCUT2D eigenvalue weighted by Gasteiger charge is 2.45. The Morgan fingerprint density at radius 3 is 1.74 bits per heavy atom. The molecule has 0 radical (unpaired) electrons. The van der Waals surface area contributed by atoms with Crippen LogP contribution in [0.3, 0.4) is 0 Å². The summed E-state index contributed by atoms with van der Waals surface area (Å²) in [5.41, 5.74) is 14.2. The lowest BCUT2D eigenvalue weighted by Gasteiger charge is -2.36. The third kappa shape index (κ3) is 35.1. The van der Waals surface area contributed by atoms with Crippen molar-refractivity contribution in [1.29, 1.82) is 0 Å². The van der Waals surface area contributed by atoms with Crippen molar-refractivity contribution in [1.82, 2.24) is 87.2 Å². The number of likely N-dealkylation sites (N-methyl/N-ethyl adjacent to an activating group) is 3. The average molecular weight is 2090 g/mol. The fraction of sp³-hybridized carbons (Fsp3) is 0.510. The summed E-state index contributed by atoms with van der Waals surface area (Å²) in [5.74, 6) is -14.1. The van der Waals surface area contributed by atoms with Crippen LogP contribution in [-0.2, 0) is 107 Å². The Kier molecular flexibility index (Phi) is 45.4. The fourth-order valence-electron chi connectivity index (χ4n) is 17.6. The summed E-state index contributed by atoms with van der Waals surface area (Å²) in [6, 6.07) is 8.66. The molecule has 2 aromatic heterocycles. The van der Waals surface area contributed by atoms with Crippen LogP contribution in [0.25, 0.3) is 21.8 Å². The van der Waals surface area contributed by atoms with Gasteiger partial charge < -0.3 is 125 Å². The summed E-state index contributed by atoms with van der Waals surface area (Å²) < 4.78 is 1.48. The second-order valence-electron chi connectivity index (χ2n) is 38.2. The molecule has 0 aliphatic carbocycles. The number of nitrogens with one attached hydrogen (secondary N) is 13. The number of H-pyrrole nitrogens is 1. The quantitative estimate of drug-likeness (QED) is 0.0186. The SMILES string of the molecule is C=C(CNC(=S)Nc1cc(NC(=S)NC(C)CSC[C@H](NC(=O)[C@H](CC(C)C)NC(=O)[C@H](CCCC)N(C)C(=O)[C@H](CCCC)N(C)C(=O)[C@H](Cc2cn(CC(=O)O)c3ccccc23)NC(=O)[C@H](C)NC(=O)[C@H](Cc2c[nH]c3ccccc23)NC(=O)C2CCCN2C(=O)[C@H](CC(C)C)NC(C)=O)C(=O)NCC(N)=O)cc(C(=O)O)c1)C(=O)C1CCCN1C(=O)[C@H](CC(N)=O)NC(=O)[C@H](C)N(C)C(=O)CCc1ccc(O)cc1. The van der Waals surface area contributed by atoms with E-state index in [1.807, 2.05) is 52.0 Å². The van der Waals surface area contributed by atoms with Gasteiger partial charge in [0.25, 0.3) is 0 Å². The Morgan fingerprint density at radius 1 is 0.558 bits per heavy atom. The molecule has 798 valence electrons. The largest absolute Gasteiger partial charge is 0.508 e. The number of aryl methyl sites for hydroxylation is 1. The van der Waals surface area contributed by atoms with Crippen LogP contribution in [0.5, 0.6) is 5.75 Å². The Balaban J connectivity index is 0.921. The van der Waals surface area contributed by atoms with E-state index in [0.29, 0.717) is 73.4 Å². The van der Waals surface area contributed by atoms with E-state index in [1.165, 1.54) is 113 Å². The molecule has 6 aromatic rings. The van der Waals surface area contributed by atoms with Gasteiger partial charge in [-0.05, 0) is 174 Å². The number of amides is 15. The third-order valence-electron chi connectivity index (χ3n) is 25.5. The Bertz CT molecular complexity index is 5790. The van der Waals surface area contributed by atoms with Gasteiger partial charge in [-0.25, -0.2) is 4.79 Å². The molecular weight excluding hydrogens is 1950 g/mol. The molecule has 4 heterocycles. The number of thioether (sulfide) groups is 1. The predicted molar refractivity (Wildman–Crippen MR) is 563 cm³/mol. The maximum Gasteiger partial charge on any atom is 0.335 e. The number of aliphatic carboxylic acids is 1. The molecular formula is C102H141N21O21S3. The topological polar surface area (TPSA) is 601 Å². The van der Waals surface area contributed by atoms with Gasteiger partial charge in [-0.15, -0.1) is 0 Å². The van der Waals surface area contributed by atoms with Gasteiger partial charge in [0.1, 0.15) is 78.8 Å². The number of primary amides is 2. The first kappa shape index (κ1) is 118. The molecule has 0 bridgehead atoms. The molecule has 8 rings (SSSR count). The van der Waals surface area contributed by atoms with E-state index < -0.39 is 204 Å². The Labute approximate surface area is 869 Å². The number of anilines is 2. The number of nitrogens with zero attached hydrogens (tertiary/aromatic N) is 6. The maximum atomic E-state index is 15.8. The van der Waals surface area contributed by atoms with Gasteiger partial charge in [-0.2, -0.15) is 11.8 Å². The van der Waals surface area contributed by atoms with Gasteiger partial charge >= 0.3 is 11.9 Å². The highest BCUT2D eigenvalue weighted by molar-refractivity contribution is 7.99. The maximum absolute atomic E-state index is 15.8. The van der Waals surface area contributed by atoms with E-state index in [9.17, 15) is 82.4 Å². The summed E-state index contributed by atoms with van der Waals surface area (Å²) in [5, 5.41) is 64.7. The van der Waals surface area contributed by atoms with E-state index in [-0.39, 0.29) is 133 Å². The van der Waals surface area contributed by atoms with Crippen LogP contribution in [0.1, 0.15) is 186 Å². The predicted octanol–water partition coefficient (Wildman–Crippen LogP) is 4.41. The van der Waals surface area contributed by atoms with E-state index in [0.717, 1.165) is 16.5 Å². The number of likely N-dealkylation sites (tertiary alicyclic amines) is 2. The van der Waals surface area contributed by atoms with Gasteiger partial charge in [0.05, 0.1) is 24.6 Å². The van der Waals surface area contributed by atoms with Gasteiger partial charge in [0, 0.05) is 136 Å². The number of ketones is 1. The van der Waals surface area contributed by atoms with Crippen LogP contribution in [0.4, 0.5) is 11.4 Å². The number of aromatic carboxylic acids is 1. The van der Waals surface area contributed by atoms with Crippen molar-refractivity contribution in [3.8, 4) is 5.75 Å². The number of carbonyl (C=O) groups excluding carboxylic acids is 16. The standard InChI is InChI=1S/C102H141N21O21S3/c1-15-17-28-81(119(13)99(142)83(29-18-16-2)120(14)96(139)76(46-66-52-121(53-87(129)130)79-30-22-20-26-71(66)79)115-89(132)60(9)109-92(135)74(45-65-50-105-72-27-21-19-25-70(65)72)114-95(138)82-32-24-40-123(82)97(140)75(42-57(5)6)110-62(11)124)94(137)113-73(41-56(3)4)93(136)117-78(91(134)106-51-85(104)127)55-147-54-59(8)108-102(146)112-68-44-64(100(143)144)43-67(47-68)111-101(145)107-49-58(7)88(131)80-31-23-39-122(80)98(141)77(48-84(103)126)116-90(133)61(10)118(12)86(128)38-35-63-33-36-69(125)37-34-63/h19-22,25-27,30,33-34,36-37,43-44,47,50,52,56-57,59-61,73-78,80-83,105,125H,7,15-18,23-24,28-29,31-32,35,38-42,45-46,48-49,51,53-55H2,1-6,8-14H3,(H2,103,126)(H2,104,127)(H,106,134)(H,109,135)(H,110,124)(H,113,137)(H,114,138)(H,115,132)(H,116,133)(H,117,136)(H,129,130)(H,143,144)(H2,107,111,145)(H2,108,112,146)/t59?,60-,61-,73-,74-,75-,76-,77-,78-,80?,81-,82?,83-/m0/s1. The molecule has 3 unspecified atom stereocenters. The number of para-hydroxylation sites is 2. The summed E-state index contributed by atoms with van der Waals surface area (Å²) in [6.07, 6.45) is 6.05. The number of hydrogen-bond acceptors (Lipinski definition) is 22. The number of unbranched alkanes of at least 4 members (excludes halogenated alkanes) is 2. The Hall–Kier alpha value is -14.1. The molecule has 4 aromatic carbocycles. The van der Waals surface area contributed by atoms with E-state index in [1.54, 1.807) is 69.6 Å². The van der Waals surface area contributed by atoms with Crippen LogP contribution in [0.15, 0.2) is 116 Å². The van der Waals surface area contributed by atoms with E-state index in [2.05, 4.69) is 75.4 Å². The summed E-state index contributed by atoms with van der Waals surface area (Å²) in [6.45, 7) is 19.9. The monoisotopic (exact) mass is 2090 g/mol. The van der Waals surface area contributed by atoms with Crippen molar-refractivity contribution >= 4 is 186 Å². The van der Waals surface area contributed by atoms with Crippen molar-refractivity contribution in [3.05, 3.63) is 138 Å². The molecule has 42 nitrogen and oxygen atoms in total. The van der Waals surface area contributed by atoms with E-state index in [4.69, 9.17) is 35.9 Å². The highest BCUT2D eigenvalue weighted by Crippen LogP contribution is 2.30. The van der Waals surface area contributed by atoms with Gasteiger partial charge in [0.2, 0.25) is 88.6 Å². The number of carbonyl (C=O) groups is 18. The molecule has 2 aliphatic heterocycles. The minimum atomic E-state index is -1.55.